The van der Waals surface area contributed by atoms with Crippen LogP contribution in [0.25, 0.3) is 43.0 Å². The molecule has 5 aromatic rings. The van der Waals surface area contributed by atoms with Gasteiger partial charge >= 0.3 is 5.97 Å². The molecule has 204 valence electrons. The summed E-state index contributed by atoms with van der Waals surface area (Å²) >= 11 is 7.74. The lowest BCUT2D eigenvalue weighted by Crippen LogP contribution is -2.28. The normalized spacial score (nSPS) is 12.4. The van der Waals surface area contributed by atoms with Crippen molar-refractivity contribution in [1.82, 2.24) is 9.97 Å². The van der Waals surface area contributed by atoms with E-state index in [1.54, 1.807) is 13.3 Å². The lowest BCUT2D eigenvalue weighted by Gasteiger charge is -2.28. The molecule has 2 aromatic heterocycles. The zero-order valence-corrected chi connectivity index (χ0v) is 24.4. The highest BCUT2D eigenvalue weighted by atomic mass is 35.5. The maximum Gasteiger partial charge on any atom is 0.337 e. The summed E-state index contributed by atoms with van der Waals surface area (Å²) < 4.78 is 12.5. The molecule has 1 N–H and O–H groups in total. The topological polar surface area (TPSA) is 81.5 Å². The second kappa shape index (κ2) is 11.0. The molecule has 1 atom stereocenters. The molecule has 8 heteroatoms. The van der Waals surface area contributed by atoms with Crippen LogP contribution >= 0.6 is 22.9 Å². The van der Waals surface area contributed by atoms with Gasteiger partial charge in [0.1, 0.15) is 5.01 Å². The van der Waals surface area contributed by atoms with Crippen molar-refractivity contribution in [2.24, 2.45) is 0 Å². The fraction of sp³-hybridized carbons (Fsp3) is 0.219. The summed E-state index contributed by atoms with van der Waals surface area (Å²) in [7, 11) is 1.61. The smallest absolute Gasteiger partial charge is 0.337 e. The largest absolute Gasteiger partial charge is 0.481 e. The van der Waals surface area contributed by atoms with E-state index in [4.69, 9.17) is 26.1 Å². The van der Waals surface area contributed by atoms with Crippen molar-refractivity contribution in [2.75, 3.05) is 7.11 Å². The highest BCUT2D eigenvalue weighted by molar-refractivity contribution is 7.22. The van der Waals surface area contributed by atoms with Crippen LogP contribution in [0, 0.1) is 6.92 Å². The molecule has 0 aliphatic rings. The van der Waals surface area contributed by atoms with E-state index in [0.717, 1.165) is 48.6 Å². The van der Waals surface area contributed by atoms with Gasteiger partial charge in [0.05, 0.1) is 22.9 Å². The van der Waals surface area contributed by atoms with E-state index >= 15 is 0 Å². The zero-order chi connectivity index (χ0) is 28.6. The Balaban J connectivity index is 1.74. The Hall–Kier alpha value is -3.78. The number of pyridine rings is 1. The van der Waals surface area contributed by atoms with Crippen LogP contribution in [0.3, 0.4) is 0 Å². The number of rotatable bonds is 7. The number of aryl methyl sites for hydroxylation is 1. The number of hydrogen-bond donors (Lipinski definition) is 1. The number of aromatic nitrogens is 2. The van der Waals surface area contributed by atoms with Crippen LogP contribution in [0.15, 0.2) is 72.9 Å². The van der Waals surface area contributed by atoms with Gasteiger partial charge in [-0.1, -0.05) is 41.9 Å². The zero-order valence-electron chi connectivity index (χ0n) is 22.9. The molecule has 0 spiro atoms. The monoisotopic (exact) mass is 572 g/mol. The van der Waals surface area contributed by atoms with Gasteiger partial charge in [-0.15, -0.1) is 11.3 Å². The van der Waals surface area contributed by atoms with E-state index in [0.29, 0.717) is 16.5 Å². The quantitative estimate of drug-likeness (QED) is 0.210. The molecular weight excluding hydrogens is 544 g/mol. The van der Waals surface area contributed by atoms with Crippen LogP contribution in [-0.2, 0) is 9.53 Å². The van der Waals surface area contributed by atoms with E-state index in [1.165, 1.54) is 11.3 Å². The minimum Gasteiger partial charge on any atom is -0.481 e. The summed E-state index contributed by atoms with van der Waals surface area (Å²) in [5.41, 5.74) is 5.94. The number of carbonyl (C=O) groups is 1. The van der Waals surface area contributed by atoms with E-state index in [-0.39, 0.29) is 0 Å². The van der Waals surface area contributed by atoms with Crippen molar-refractivity contribution in [3.8, 4) is 38.7 Å². The number of thiazole rings is 1. The summed E-state index contributed by atoms with van der Waals surface area (Å²) in [6.07, 6.45) is 0.535. The molecule has 6 nitrogen and oxygen atoms in total. The van der Waals surface area contributed by atoms with Crippen LogP contribution in [-0.4, -0.2) is 33.8 Å². The fourth-order valence-corrected chi connectivity index (χ4v) is 6.00. The SMILES string of the molecule is COc1ncccc1-c1cccc(-c2nc3cc(C)c(C(OC(C)(C)C)C(=O)O)c(-c4ccc(Cl)cc4)c3s2)c1. The van der Waals surface area contributed by atoms with Crippen molar-refractivity contribution >= 4 is 39.1 Å². The lowest BCUT2D eigenvalue weighted by atomic mass is 9.91. The van der Waals surface area contributed by atoms with Gasteiger partial charge in [0.2, 0.25) is 5.88 Å². The second-order valence-corrected chi connectivity index (χ2v) is 11.9. The average molecular weight is 573 g/mol. The first-order chi connectivity index (χ1) is 19.1. The molecule has 0 fully saturated rings. The van der Waals surface area contributed by atoms with E-state index < -0.39 is 17.7 Å². The van der Waals surface area contributed by atoms with Gasteiger partial charge in [-0.05, 0) is 80.8 Å². The van der Waals surface area contributed by atoms with Gasteiger partial charge in [-0.25, -0.2) is 14.8 Å². The summed E-state index contributed by atoms with van der Waals surface area (Å²) in [5, 5.41) is 11.7. The number of carboxylic acids is 1. The van der Waals surface area contributed by atoms with Gasteiger partial charge in [0, 0.05) is 33.5 Å². The number of carboxylic acid groups (broad SMARTS) is 1. The van der Waals surface area contributed by atoms with E-state index in [9.17, 15) is 9.90 Å². The first kappa shape index (κ1) is 27.8. The Morgan fingerprint density at radius 2 is 1.73 bits per heavy atom. The molecule has 0 aliphatic heterocycles. The Morgan fingerprint density at radius 1 is 1.00 bits per heavy atom. The molecular formula is C32H29ClN2O4S. The molecule has 0 radical (unpaired) electrons. The summed E-state index contributed by atoms with van der Waals surface area (Å²) in [6.45, 7) is 7.47. The third-order valence-electron chi connectivity index (χ3n) is 6.40. The maximum absolute atomic E-state index is 12.6. The summed E-state index contributed by atoms with van der Waals surface area (Å²) in [5.74, 6) is -0.497. The Kier molecular flexibility index (Phi) is 7.64. The highest BCUT2D eigenvalue weighted by Gasteiger charge is 2.32. The average Bonchev–Trinajstić information content (AvgIpc) is 3.35. The first-order valence-corrected chi connectivity index (χ1v) is 14.0. The predicted octanol–water partition coefficient (Wildman–Crippen LogP) is 8.60. The number of ether oxygens (including phenoxy) is 2. The number of benzene rings is 3. The van der Waals surface area contributed by atoms with Crippen LogP contribution in [0.2, 0.25) is 5.02 Å². The Labute approximate surface area is 242 Å². The fourth-order valence-electron chi connectivity index (χ4n) is 4.75. The standard InChI is InChI=1S/C32H29ClN2O4S/c1-18-16-24-28(26(19-11-13-22(33)14-12-19)25(18)27(31(36)37)39-32(2,3)4)40-30(35-24)21-9-6-8-20(17-21)23-10-7-15-34-29(23)38-5/h6-17,27H,1-5H3,(H,36,37). The van der Waals surface area contributed by atoms with Crippen LogP contribution in [0.4, 0.5) is 0 Å². The first-order valence-electron chi connectivity index (χ1n) is 12.8. The van der Waals surface area contributed by atoms with Crippen LogP contribution in [0.5, 0.6) is 5.88 Å². The molecule has 0 saturated heterocycles. The van der Waals surface area contributed by atoms with Gasteiger partial charge < -0.3 is 14.6 Å². The van der Waals surface area contributed by atoms with Gasteiger partial charge in [0.25, 0.3) is 0 Å². The molecule has 0 saturated carbocycles. The third kappa shape index (κ3) is 5.59. The van der Waals surface area contributed by atoms with Crippen molar-refractivity contribution < 1.29 is 19.4 Å². The van der Waals surface area contributed by atoms with Crippen molar-refractivity contribution in [3.05, 3.63) is 89.1 Å². The molecule has 1 unspecified atom stereocenters. The molecule has 5 rings (SSSR count). The number of fused-ring (bicyclic) bond motifs is 1. The number of halogens is 1. The Bertz CT molecular complexity index is 1710. The van der Waals surface area contributed by atoms with Crippen molar-refractivity contribution in [1.29, 1.82) is 0 Å². The molecule has 40 heavy (non-hydrogen) atoms. The maximum atomic E-state index is 12.6. The molecule has 0 aliphatic carbocycles. The molecule has 2 heterocycles. The number of hydrogen-bond acceptors (Lipinski definition) is 6. The van der Waals surface area contributed by atoms with E-state index in [2.05, 4.69) is 11.1 Å². The lowest BCUT2D eigenvalue weighted by molar-refractivity contribution is -0.160. The van der Waals surface area contributed by atoms with Crippen molar-refractivity contribution in [3.63, 3.8) is 0 Å². The van der Waals surface area contributed by atoms with Gasteiger partial charge in [-0.3, -0.25) is 0 Å². The molecule has 0 amide bonds. The third-order valence-corrected chi connectivity index (χ3v) is 7.79. The number of aliphatic carboxylic acids is 1. The molecule has 0 bridgehead atoms. The Morgan fingerprint density at radius 3 is 2.40 bits per heavy atom. The summed E-state index contributed by atoms with van der Waals surface area (Å²) in [6, 6.07) is 21.3. The van der Waals surface area contributed by atoms with Gasteiger partial charge in [0.15, 0.2) is 6.10 Å². The minimum absolute atomic E-state index is 0.549. The van der Waals surface area contributed by atoms with E-state index in [1.807, 2.05) is 88.4 Å². The second-order valence-electron chi connectivity index (χ2n) is 10.4. The number of nitrogens with zero attached hydrogens (tertiary/aromatic N) is 2. The van der Waals surface area contributed by atoms with Crippen LogP contribution in [0.1, 0.15) is 38.0 Å². The van der Waals surface area contributed by atoms with Crippen LogP contribution < -0.4 is 4.74 Å². The number of methoxy groups -OCH3 is 1. The summed E-state index contributed by atoms with van der Waals surface area (Å²) in [4.78, 5) is 21.9. The van der Waals surface area contributed by atoms with Crippen molar-refractivity contribution in [2.45, 2.75) is 39.4 Å². The molecule has 3 aromatic carbocycles. The minimum atomic E-state index is -1.16. The predicted molar refractivity (Wildman–Crippen MR) is 161 cm³/mol. The highest BCUT2D eigenvalue weighted by Crippen LogP contribution is 2.44. The van der Waals surface area contributed by atoms with Gasteiger partial charge in [-0.2, -0.15) is 0 Å².